The summed E-state index contributed by atoms with van der Waals surface area (Å²) in [6.45, 7) is 0.602. The lowest BCUT2D eigenvalue weighted by Gasteiger charge is -2.10. The Labute approximate surface area is 109 Å². The van der Waals surface area contributed by atoms with Crippen LogP contribution in [0.1, 0.15) is 22.1 Å². The van der Waals surface area contributed by atoms with Gasteiger partial charge in [-0.3, -0.25) is 15.6 Å². The number of hydrogen-bond donors (Lipinski definition) is 4. The lowest BCUT2D eigenvalue weighted by atomic mass is 10.0. The van der Waals surface area contributed by atoms with Gasteiger partial charge in [0.2, 0.25) is 0 Å². The molecular formula is C13H15N4O2+. The fraction of sp³-hybridized carbons (Fsp3) is 0.231. The van der Waals surface area contributed by atoms with Crippen LogP contribution >= 0.6 is 0 Å². The third kappa shape index (κ3) is 1.64. The van der Waals surface area contributed by atoms with Crippen molar-refractivity contribution in [2.45, 2.75) is 6.04 Å². The topological polar surface area (TPSA) is 94.2 Å². The van der Waals surface area contributed by atoms with E-state index in [0.717, 1.165) is 16.5 Å². The summed E-state index contributed by atoms with van der Waals surface area (Å²) in [5.41, 5.74) is 7.65. The molecule has 0 saturated heterocycles. The van der Waals surface area contributed by atoms with Gasteiger partial charge in [-0.15, -0.1) is 0 Å². The first-order chi connectivity index (χ1) is 9.09. The normalized spacial score (nSPS) is 18.9. The lowest BCUT2D eigenvalue weighted by Crippen LogP contribution is -2.30. The highest BCUT2D eigenvalue weighted by Crippen LogP contribution is 2.30. The molecule has 0 radical (unpaired) electrons. The molecule has 2 aromatic rings. The number of benzene rings is 1. The monoisotopic (exact) mass is 259 g/mol. The molecular weight excluding hydrogens is 244 g/mol. The molecule has 0 saturated carbocycles. The van der Waals surface area contributed by atoms with Gasteiger partial charge >= 0.3 is 11.9 Å². The number of nitrogens with two attached hydrogens (primary N) is 1. The Morgan fingerprint density at radius 3 is 2.84 bits per heavy atom. The van der Waals surface area contributed by atoms with Crippen LogP contribution in [0, 0.1) is 0 Å². The van der Waals surface area contributed by atoms with Gasteiger partial charge in [0.15, 0.2) is 0 Å². The number of para-hydroxylation sites is 1. The van der Waals surface area contributed by atoms with Crippen molar-refractivity contribution < 1.29 is 14.5 Å². The van der Waals surface area contributed by atoms with Crippen LogP contribution in [0.25, 0.3) is 10.9 Å². The van der Waals surface area contributed by atoms with Crippen LogP contribution < -0.4 is 11.1 Å². The van der Waals surface area contributed by atoms with E-state index in [2.05, 4.69) is 10.3 Å². The van der Waals surface area contributed by atoms with Crippen molar-refractivity contribution in [3.63, 3.8) is 0 Å². The zero-order valence-electron chi connectivity index (χ0n) is 10.5. The number of nitrogens with one attached hydrogen (secondary N) is 2. The maximum Gasteiger partial charge on any atom is 0.352 e. The Morgan fingerprint density at radius 1 is 1.47 bits per heavy atom. The third-order valence-electron chi connectivity index (χ3n) is 3.62. The van der Waals surface area contributed by atoms with Crippen molar-refractivity contribution >= 4 is 22.8 Å². The van der Waals surface area contributed by atoms with Crippen LogP contribution in [0.2, 0.25) is 0 Å². The number of carbonyl (C=O) groups is 1. The van der Waals surface area contributed by atoms with Gasteiger partial charge in [0.1, 0.15) is 18.3 Å². The van der Waals surface area contributed by atoms with Crippen molar-refractivity contribution in [2.75, 3.05) is 13.6 Å². The average Bonchev–Trinajstić information content (AvgIpc) is 2.92. The lowest BCUT2D eigenvalue weighted by molar-refractivity contribution is -0.533. The first-order valence-corrected chi connectivity index (χ1v) is 6.02. The Kier molecular flexibility index (Phi) is 2.45. The largest absolute Gasteiger partial charge is 0.477 e. The molecule has 1 aromatic carbocycles. The average molecular weight is 259 g/mol. The zero-order chi connectivity index (χ0) is 13.6. The molecule has 1 aliphatic rings. The van der Waals surface area contributed by atoms with E-state index in [-0.39, 0.29) is 11.7 Å². The van der Waals surface area contributed by atoms with E-state index in [9.17, 15) is 9.90 Å². The molecule has 0 amide bonds. The Morgan fingerprint density at radius 2 is 2.21 bits per heavy atom. The number of rotatable bonds is 2. The van der Waals surface area contributed by atoms with E-state index < -0.39 is 5.97 Å². The zero-order valence-corrected chi connectivity index (χ0v) is 10.5. The molecule has 0 bridgehead atoms. The molecule has 5 N–H and O–H groups in total. The number of aromatic nitrogens is 1. The molecule has 3 rings (SSSR count). The van der Waals surface area contributed by atoms with Crippen LogP contribution in [0.5, 0.6) is 0 Å². The summed E-state index contributed by atoms with van der Waals surface area (Å²) in [5.74, 6) is -0.392. The number of hydrogen-bond acceptors (Lipinski definition) is 3. The van der Waals surface area contributed by atoms with Gasteiger partial charge in [-0.2, -0.15) is 0 Å². The quantitative estimate of drug-likeness (QED) is 0.590. The van der Waals surface area contributed by atoms with Crippen molar-refractivity contribution in [3.05, 3.63) is 35.5 Å². The number of likely N-dealkylation sites (N-methyl/N-ethyl adjacent to an activating group) is 1. The van der Waals surface area contributed by atoms with Gasteiger partial charge in [-0.1, -0.05) is 18.2 Å². The molecule has 6 heteroatoms. The van der Waals surface area contributed by atoms with Crippen LogP contribution in [-0.2, 0) is 0 Å². The minimum atomic E-state index is -0.954. The number of carboxylic acid groups (broad SMARTS) is 1. The van der Waals surface area contributed by atoms with Crippen molar-refractivity contribution in [2.24, 2.45) is 5.73 Å². The number of nitrogens with zero attached hydrogens (tertiary/aromatic N) is 1. The van der Waals surface area contributed by atoms with E-state index in [4.69, 9.17) is 5.73 Å². The standard InChI is InChI=1S/C13H14N4O2/c1-17-9(6-15-13(17)14)10-7-4-2-3-5-8(7)16-11(10)12(18)19/h2-5,9,16H,6H2,1H3,(H3,14,15,18,19)/p+1. The number of aromatic amines is 1. The van der Waals surface area contributed by atoms with Gasteiger partial charge in [0, 0.05) is 16.5 Å². The van der Waals surface area contributed by atoms with E-state index in [1.165, 1.54) is 0 Å². The molecule has 1 unspecified atom stereocenters. The highest BCUT2D eigenvalue weighted by Gasteiger charge is 2.33. The van der Waals surface area contributed by atoms with Crippen molar-refractivity contribution in [1.29, 1.82) is 0 Å². The highest BCUT2D eigenvalue weighted by molar-refractivity contribution is 5.98. The fourth-order valence-corrected chi connectivity index (χ4v) is 2.60. The van der Waals surface area contributed by atoms with E-state index >= 15 is 0 Å². The van der Waals surface area contributed by atoms with E-state index in [1.807, 2.05) is 35.9 Å². The van der Waals surface area contributed by atoms with Crippen molar-refractivity contribution in [1.82, 2.24) is 10.3 Å². The SMILES string of the molecule is C[N+]1=C(N)NCC1c1c(C(=O)O)[nH]c2ccccc12. The summed E-state index contributed by atoms with van der Waals surface area (Å²) >= 11 is 0. The first kappa shape index (κ1) is 11.6. The fourth-order valence-electron chi connectivity index (χ4n) is 2.60. The van der Waals surface area contributed by atoms with Gasteiger partial charge < -0.3 is 10.1 Å². The first-order valence-electron chi connectivity index (χ1n) is 6.02. The number of carboxylic acids is 1. The van der Waals surface area contributed by atoms with Crippen LogP contribution in [0.4, 0.5) is 0 Å². The minimum Gasteiger partial charge on any atom is -0.477 e. The molecule has 1 aromatic heterocycles. The summed E-state index contributed by atoms with van der Waals surface area (Å²) < 4.78 is 1.86. The molecule has 6 nitrogen and oxygen atoms in total. The maximum atomic E-state index is 11.4. The third-order valence-corrected chi connectivity index (χ3v) is 3.62. The van der Waals surface area contributed by atoms with Gasteiger partial charge in [0.05, 0.1) is 7.05 Å². The van der Waals surface area contributed by atoms with E-state index in [1.54, 1.807) is 0 Å². The van der Waals surface area contributed by atoms with Gasteiger partial charge in [-0.25, -0.2) is 4.79 Å². The number of H-pyrrole nitrogens is 1. The highest BCUT2D eigenvalue weighted by atomic mass is 16.4. The summed E-state index contributed by atoms with van der Waals surface area (Å²) in [7, 11) is 1.85. The molecule has 0 spiro atoms. The second kappa shape index (κ2) is 4.01. The van der Waals surface area contributed by atoms with Crippen molar-refractivity contribution in [3.8, 4) is 0 Å². The molecule has 1 aliphatic heterocycles. The Hall–Kier alpha value is -2.50. The van der Waals surface area contributed by atoms with Gasteiger partial charge in [0.25, 0.3) is 0 Å². The molecule has 0 aliphatic carbocycles. The predicted octanol–water partition coefficient (Wildman–Crippen LogP) is 0.467. The minimum absolute atomic E-state index is 0.0813. The summed E-state index contributed by atoms with van der Waals surface area (Å²) in [5, 5.41) is 13.3. The summed E-state index contributed by atoms with van der Waals surface area (Å²) in [4.78, 5) is 14.4. The summed E-state index contributed by atoms with van der Waals surface area (Å²) in [6.07, 6.45) is 0. The van der Waals surface area contributed by atoms with E-state index in [0.29, 0.717) is 12.5 Å². The second-order valence-corrected chi connectivity index (χ2v) is 4.66. The Balaban J connectivity index is 2.27. The smallest absolute Gasteiger partial charge is 0.352 e. The number of aromatic carboxylic acids is 1. The molecule has 1 atom stereocenters. The maximum absolute atomic E-state index is 11.4. The molecule has 19 heavy (non-hydrogen) atoms. The Bertz CT molecular complexity index is 702. The van der Waals surface area contributed by atoms with Crippen LogP contribution in [-0.4, -0.2) is 40.2 Å². The second-order valence-electron chi connectivity index (χ2n) is 4.66. The van der Waals surface area contributed by atoms with Crippen LogP contribution in [0.3, 0.4) is 0 Å². The van der Waals surface area contributed by atoms with Crippen LogP contribution in [0.15, 0.2) is 24.3 Å². The molecule has 0 fully saturated rings. The van der Waals surface area contributed by atoms with Gasteiger partial charge in [-0.05, 0) is 6.07 Å². The number of fused-ring (bicyclic) bond motifs is 1. The molecule has 2 heterocycles. The predicted molar refractivity (Wildman–Crippen MR) is 71.4 cm³/mol. The number of guanidine groups is 1. The summed E-state index contributed by atoms with van der Waals surface area (Å²) in [6, 6.07) is 7.50. The molecule has 98 valence electrons.